The van der Waals surface area contributed by atoms with Gasteiger partial charge in [0, 0.05) is 18.3 Å². The minimum absolute atomic E-state index is 0.166. The Hall–Kier alpha value is -3.39. The van der Waals surface area contributed by atoms with Crippen LogP contribution < -0.4 is 10.6 Å². The summed E-state index contributed by atoms with van der Waals surface area (Å²) in [5.74, 6) is -0.551. The van der Waals surface area contributed by atoms with E-state index in [1.807, 2.05) is 37.3 Å². The van der Waals surface area contributed by atoms with Crippen molar-refractivity contribution in [1.82, 2.24) is 5.32 Å². The summed E-state index contributed by atoms with van der Waals surface area (Å²) < 4.78 is 0. The average Bonchev–Trinajstić information content (AvgIpc) is 2.59. The van der Waals surface area contributed by atoms with Gasteiger partial charge in [-0.3, -0.25) is 9.59 Å². The van der Waals surface area contributed by atoms with Gasteiger partial charge in [-0.25, -0.2) is 0 Å². The second-order valence-corrected chi connectivity index (χ2v) is 5.55. The summed E-state index contributed by atoms with van der Waals surface area (Å²) >= 11 is 0. The van der Waals surface area contributed by atoms with Gasteiger partial charge in [0.25, 0.3) is 0 Å². The first-order valence-electron chi connectivity index (χ1n) is 7.85. The number of amides is 2. The number of nitrogens with zero attached hydrogens (tertiary/aromatic N) is 1. The molecule has 0 heterocycles. The van der Waals surface area contributed by atoms with Crippen LogP contribution in [0.5, 0.6) is 0 Å². The van der Waals surface area contributed by atoms with Gasteiger partial charge in [-0.1, -0.05) is 42.0 Å². The van der Waals surface area contributed by atoms with Crippen LogP contribution in [-0.2, 0) is 16.1 Å². The van der Waals surface area contributed by atoms with E-state index in [2.05, 4.69) is 10.6 Å². The number of nitriles is 1. The van der Waals surface area contributed by atoms with Crippen LogP contribution in [0.3, 0.4) is 0 Å². The van der Waals surface area contributed by atoms with Crippen LogP contribution in [0.15, 0.2) is 54.6 Å². The molecule has 0 aliphatic heterocycles. The summed E-state index contributed by atoms with van der Waals surface area (Å²) in [6.07, 6.45) is 3.07. The zero-order chi connectivity index (χ0) is 18.1. The van der Waals surface area contributed by atoms with Gasteiger partial charge in [-0.05, 0) is 36.3 Å². The largest absolute Gasteiger partial charge is 0.351 e. The first-order chi connectivity index (χ1) is 12.1. The molecular formula is C20H19N3O2. The van der Waals surface area contributed by atoms with Gasteiger partial charge in [-0.15, -0.1) is 0 Å². The zero-order valence-corrected chi connectivity index (χ0v) is 14.0. The van der Waals surface area contributed by atoms with Crippen molar-refractivity contribution >= 4 is 23.6 Å². The first-order valence-corrected chi connectivity index (χ1v) is 7.85. The summed E-state index contributed by atoms with van der Waals surface area (Å²) in [6, 6.07) is 16.9. The second-order valence-electron chi connectivity index (χ2n) is 5.55. The first kappa shape index (κ1) is 18.0. The number of anilines is 1. The van der Waals surface area contributed by atoms with Gasteiger partial charge in [0.2, 0.25) is 11.8 Å². The number of hydrogen-bond donors (Lipinski definition) is 2. The molecule has 0 spiro atoms. The van der Waals surface area contributed by atoms with Crippen molar-refractivity contribution in [3.05, 3.63) is 71.3 Å². The topological polar surface area (TPSA) is 82.0 Å². The van der Waals surface area contributed by atoms with E-state index >= 15 is 0 Å². The standard InChI is InChI=1S/C20H19N3O2/c1-15-4-2-5-16(12-15)8-9-20(25)23-18-7-3-6-17(13-18)14-22-19(24)10-11-21/h2-9,12-13H,10,14H2,1H3,(H,22,24)(H,23,25)/b9-8+. The van der Waals surface area contributed by atoms with E-state index in [1.54, 1.807) is 30.3 Å². The van der Waals surface area contributed by atoms with Crippen LogP contribution in [0.4, 0.5) is 5.69 Å². The number of nitrogens with one attached hydrogen (secondary N) is 2. The molecule has 2 aromatic rings. The predicted octanol–water partition coefficient (Wildman–Crippen LogP) is 3.18. The van der Waals surface area contributed by atoms with Crippen molar-refractivity contribution in [1.29, 1.82) is 5.26 Å². The van der Waals surface area contributed by atoms with Crippen molar-refractivity contribution < 1.29 is 9.59 Å². The molecule has 2 aromatic carbocycles. The summed E-state index contributed by atoms with van der Waals surface area (Å²) in [4.78, 5) is 23.3. The Morgan fingerprint density at radius 1 is 1.16 bits per heavy atom. The third-order valence-corrected chi connectivity index (χ3v) is 3.39. The van der Waals surface area contributed by atoms with Gasteiger partial charge < -0.3 is 10.6 Å². The molecule has 25 heavy (non-hydrogen) atoms. The number of benzene rings is 2. The Kier molecular flexibility index (Phi) is 6.49. The zero-order valence-electron chi connectivity index (χ0n) is 14.0. The fraction of sp³-hybridized carbons (Fsp3) is 0.150. The highest BCUT2D eigenvalue weighted by Crippen LogP contribution is 2.11. The highest BCUT2D eigenvalue weighted by Gasteiger charge is 2.02. The van der Waals surface area contributed by atoms with Gasteiger partial charge in [0.15, 0.2) is 0 Å². The van der Waals surface area contributed by atoms with E-state index in [9.17, 15) is 9.59 Å². The summed E-state index contributed by atoms with van der Waals surface area (Å²) in [5.41, 5.74) is 3.58. The van der Waals surface area contributed by atoms with Crippen LogP contribution in [-0.4, -0.2) is 11.8 Å². The van der Waals surface area contributed by atoms with Gasteiger partial charge >= 0.3 is 0 Å². The Bertz CT molecular complexity index is 835. The minimum Gasteiger partial charge on any atom is -0.351 e. The quantitative estimate of drug-likeness (QED) is 0.797. The van der Waals surface area contributed by atoms with Gasteiger partial charge in [-0.2, -0.15) is 5.26 Å². The maximum atomic E-state index is 12.0. The van der Waals surface area contributed by atoms with Crippen molar-refractivity contribution in [2.45, 2.75) is 19.9 Å². The third kappa shape index (κ3) is 6.32. The maximum absolute atomic E-state index is 12.0. The van der Waals surface area contributed by atoms with Crippen molar-refractivity contribution in [2.24, 2.45) is 0 Å². The summed E-state index contributed by atoms with van der Waals surface area (Å²) in [7, 11) is 0. The van der Waals surface area contributed by atoms with E-state index < -0.39 is 0 Å². The van der Waals surface area contributed by atoms with E-state index in [1.165, 1.54) is 6.08 Å². The molecule has 0 saturated heterocycles. The lowest BCUT2D eigenvalue weighted by Crippen LogP contribution is -2.21. The fourth-order valence-electron chi connectivity index (χ4n) is 2.22. The van der Waals surface area contributed by atoms with Gasteiger partial charge in [0.1, 0.15) is 6.42 Å². The highest BCUT2D eigenvalue weighted by atomic mass is 16.2. The molecule has 0 atom stereocenters. The minimum atomic E-state index is -0.321. The number of rotatable bonds is 6. The van der Waals surface area contributed by atoms with Crippen LogP contribution in [0, 0.1) is 18.3 Å². The number of aryl methyl sites for hydroxylation is 1. The molecule has 2 amide bonds. The highest BCUT2D eigenvalue weighted by molar-refractivity contribution is 6.01. The monoisotopic (exact) mass is 333 g/mol. The lowest BCUT2D eigenvalue weighted by Gasteiger charge is -2.07. The molecule has 126 valence electrons. The van der Waals surface area contributed by atoms with Crippen LogP contribution in [0.1, 0.15) is 23.1 Å². The molecule has 0 saturated carbocycles. The van der Waals surface area contributed by atoms with Crippen molar-refractivity contribution in [3.63, 3.8) is 0 Å². The Balaban J connectivity index is 1.93. The number of carbonyl (C=O) groups excluding carboxylic acids is 2. The molecule has 0 aliphatic rings. The molecule has 5 heteroatoms. The van der Waals surface area contributed by atoms with Crippen molar-refractivity contribution in [3.8, 4) is 6.07 Å². The Morgan fingerprint density at radius 2 is 1.96 bits per heavy atom. The van der Waals surface area contributed by atoms with Crippen LogP contribution >= 0.6 is 0 Å². The maximum Gasteiger partial charge on any atom is 0.248 e. The lowest BCUT2D eigenvalue weighted by atomic mass is 10.1. The van der Waals surface area contributed by atoms with Crippen LogP contribution in [0.2, 0.25) is 0 Å². The fourth-order valence-corrected chi connectivity index (χ4v) is 2.22. The SMILES string of the molecule is Cc1cccc(/C=C/C(=O)Nc2cccc(CNC(=O)CC#N)c2)c1. The summed E-state index contributed by atoms with van der Waals surface area (Å²) in [5, 5.41) is 13.9. The normalized spacial score (nSPS) is 10.2. The Morgan fingerprint density at radius 3 is 2.72 bits per heavy atom. The average molecular weight is 333 g/mol. The summed E-state index contributed by atoms with van der Waals surface area (Å²) in [6.45, 7) is 2.31. The molecule has 2 rings (SSSR count). The molecule has 0 aliphatic carbocycles. The Labute approximate surface area is 147 Å². The smallest absolute Gasteiger partial charge is 0.248 e. The van der Waals surface area contributed by atoms with E-state index in [-0.39, 0.29) is 18.2 Å². The molecule has 0 bridgehead atoms. The predicted molar refractivity (Wildman–Crippen MR) is 97.4 cm³/mol. The molecule has 0 radical (unpaired) electrons. The van der Waals surface area contributed by atoms with Gasteiger partial charge in [0.05, 0.1) is 6.07 Å². The van der Waals surface area contributed by atoms with E-state index in [0.29, 0.717) is 12.2 Å². The van der Waals surface area contributed by atoms with Crippen molar-refractivity contribution in [2.75, 3.05) is 5.32 Å². The molecular weight excluding hydrogens is 314 g/mol. The van der Waals surface area contributed by atoms with E-state index in [0.717, 1.165) is 16.7 Å². The third-order valence-electron chi connectivity index (χ3n) is 3.39. The van der Waals surface area contributed by atoms with Crippen LogP contribution in [0.25, 0.3) is 6.08 Å². The molecule has 2 N–H and O–H groups in total. The molecule has 0 fully saturated rings. The number of carbonyl (C=O) groups is 2. The number of hydrogen-bond acceptors (Lipinski definition) is 3. The lowest BCUT2D eigenvalue weighted by molar-refractivity contribution is -0.120. The second kappa shape index (κ2) is 9.04. The molecule has 0 aromatic heterocycles. The molecule has 0 unspecified atom stereocenters. The van der Waals surface area contributed by atoms with E-state index in [4.69, 9.17) is 5.26 Å². The molecule has 5 nitrogen and oxygen atoms in total.